The third-order valence-electron chi connectivity index (χ3n) is 5.39. The van der Waals surface area contributed by atoms with Gasteiger partial charge in [0.05, 0.1) is 12.0 Å². The number of fused-ring (bicyclic) bond motifs is 3. The summed E-state index contributed by atoms with van der Waals surface area (Å²) in [6.45, 7) is 0. The number of rotatable bonds is 2. The number of hydrogen-bond acceptors (Lipinski definition) is 2. The SMILES string of the molecule is O=C(NC1CCc2ccccc21)C1c2ccccc2Oc2ccccc21. The maximum atomic E-state index is 13.3. The Hall–Kier alpha value is -3.07. The fraction of sp³-hybridized carbons (Fsp3) is 0.174. The van der Waals surface area contributed by atoms with Gasteiger partial charge in [-0.3, -0.25) is 4.79 Å². The van der Waals surface area contributed by atoms with E-state index in [1.54, 1.807) is 0 Å². The number of carbonyl (C=O) groups is 1. The summed E-state index contributed by atoms with van der Waals surface area (Å²) in [5, 5.41) is 3.29. The minimum Gasteiger partial charge on any atom is -0.457 e. The highest BCUT2D eigenvalue weighted by Crippen LogP contribution is 2.44. The van der Waals surface area contributed by atoms with Crippen molar-refractivity contribution >= 4 is 5.91 Å². The lowest BCUT2D eigenvalue weighted by Gasteiger charge is -2.28. The number of ether oxygens (including phenoxy) is 1. The Balaban J connectivity index is 1.51. The summed E-state index contributed by atoms with van der Waals surface area (Å²) >= 11 is 0. The normalized spacial score (nSPS) is 17.6. The van der Waals surface area contributed by atoms with Crippen molar-refractivity contribution in [1.29, 1.82) is 0 Å². The second-order valence-corrected chi connectivity index (χ2v) is 6.91. The lowest BCUT2D eigenvalue weighted by Crippen LogP contribution is -2.33. The first-order valence-corrected chi connectivity index (χ1v) is 9.05. The van der Waals surface area contributed by atoms with Gasteiger partial charge >= 0.3 is 0 Å². The van der Waals surface area contributed by atoms with Gasteiger partial charge in [-0.25, -0.2) is 0 Å². The van der Waals surface area contributed by atoms with E-state index in [0.717, 1.165) is 35.5 Å². The first kappa shape index (κ1) is 15.2. The molecule has 0 bridgehead atoms. The predicted molar refractivity (Wildman–Crippen MR) is 100 cm³/mol. The van der Waals surface area contributed by atoms with Crippen molar-refractivity contribution in [3.05, 3.63) is 95.1 Å². The molecule has 128 valence electrons. The van der Waals surface area contributed by atoms with Crippen molar-refractivity contribution in [1.82, 2.24) is 5.32 Å². The molecule has 1 aliphatic carbocycles. The van der Waals surface area contributed by atoms with E-state index in [1.165, 1.54) is 11.1 Å². The van der Waals surface area contributed by atoms with Crippen LogP contribution in [0.2, 0.25) is 0 Å². The van der Waals surface area contributed by atoms with Gasteiger partial charge in [-0.05, 0) is 36.1 Å². The number of aryl methyl sites for hydroxylation is 1. The average Bonchev–Trinajstić information content (AvgIpc) is 3.09. The molecule has 1 heterocycles. The van der Waals surface area contributed by atoms with Gasteiger partial charge in [-0.15, -0.1) is 0 Å². The Morgan fingerprint density at radius 3 is 2.08 bits per heavy atom. The van der Waals surface area contributed by atoms with Crippen LogP contribution in [0.4, 0.5) is 0 Å². The monoisotopic (exact) mass is 341 g/mol. The molecule has 0 fully saturated rings. The molecule has 1 unspecified atom stereocenters. The molecule has 0 saturated heterocycles. The standard InChI is InChI=1S/C23H19NO2/c25-23(24-19-14-13-15-7-1-2-8-16(15)19)22-17-9-3-5-11-20(17)26-21-12-6-4-10-18(21)22/h1-12,19,22H,13-14H2,(H,24,25). The zero-order valence-electron chi connectivity index (χ0n) is 14.3. The quantitative estimate of drug-likeness (QED) is 0.732. The third-order valence-corrected chi connectivity index (χ3v) is 5.39. The van der Waals surface area contributed by atoms with Crippen LogP contribution >= 0.6 is 0 Å². The van der Waals surface area contributed by atoms with E-state index < -0.39 is 0 Å². The minimum absolute atomic E-state index is 0.0369. The molecule has 3 heteroatoms. The van der Waals surface area contributed by atoms with Gasteiger partial charge in [-0.2, -0.15) is 0 Å². The predicted octanol–water partition coefficient (Wildman–Crippen LogP) is 4.73. The highest BCUT2D eigenvalue weighted by atomic mass is 16.5. The van der Waals surface area contributed by atoms with Gasteiger partial charge in [0.2, 0.25) is 5.91 Å². The molecule has 0 aromatic heterocycles. The molecule has 0 spiro atoms. The largest absolute Gasteiger partial charge is 0.457 e. The van der Waals surface area contributed by atoms with Gasteiger partial charge < -0.3 is 10.1 Å². The molecule has 5 rings (SSSR count). The number of nitrogens with one attached hydrogen (secondary N) is 1. The lowest BCUT2D eigenvalue weighted by atomic mass is 9.87. The Kier molecular flexibility index (Phi) is 3.52. The van der Waals surface area contributed by atoms with E-state index >= 15 is 0 Å². The third kappa shape index (κ3) is 2.39. The molecule has 1 atom stereocenters. The summed E-state index contributed by atoms with van der Waals surface area (Å²) < 4.78 is 6.00. The van der Waals surface area contributed by atoms with Crippen LogP contribution in [0, 0.1) is 0 Å². The first-order chi connectivity index (χ1) is 12.8. The summed E-state index contributed by atoms with van der Waals surface area (Å²) in [5.41, 5.74) is 4.44. The van der Waals surface area contributed by atoms with Crippen LogP contribution in [-0.2, 0) is 11.2 Å². The maximum Gasteiger partial charge on any atom is 0.232 e. The summed E-state index contributed by atoms with van der Waals surface area (Å²) in [6.07, 6.45) is 1.97. The molecular formula is C23H19NO2. The number of benzene rings is 3. The summed E-state index contributed by atoms with van der Waals surface area (Å²) in [7, 11) is 0. The smallest absolute Gasteiger partial charge is 0.232 e. The summed E-state index contributed by atoms with van der Waals surface area (Å²) in [6, 6.07) is 24.1. The van der Waals surface area contributed by atoms with Crippen molar-refractivity contribution in [2.45, 2.75) is 24.8 Å². The highest BCUT2D eigenvalue weighted by Gasteiger charge is 2.34. The van der Waals surface area contributed by atoms with E-state index in [2.05, 4.69) is 23.5 Å². The lowest BCUT2D eigenvalue weighted by molar-refractivity contribution is -0.122. The van der Waals surface area contributed by atoms with E-state index in [9.17, 15) is 4.79 Å². The molecule has 2 aliphatic rings. The van der Waals surface area contributed by atoms with Crippen molar-refractivity contribution in [2.75, 3.05) is 0 Å². The zero-order chi connectivity index (χ0) is 17.5. The molecular weight excluding hydrogens is 322 g/mol. The number of carbonyl (C=O) groups excluding carboxylic acids is 1. The first-order valence-electron chi connectivity index (χ1n) is 9.05. The molecule has 0 saturated carbocycles. The van der Waals surface area contributed by atoms with Gasteiger partial charge in [-0.1, -0.05) is 60.7 Å². The van der Waals surface area contributed by atoms with Crippen LogP contribution in [0.3, 0.4) is 0 Å². The fourth-order valence-electron chi connectivity index (χ4n) is 4.15. The molecule has 26 heavy (non-hydrogen) atoms. The molecule has 0 radical (unpaired) electrons. The van der Waals surface area contributed by atoms with Gasteiger partial charge in [0.1, 0.15) is 11.5 Å². The average molecular weight is 341 g/mol. The van der Waals surface area contributed by atoms with E-state index in [4.69, 9.17) is 4.74 Å². The Bertz CT molecular complexity index is 949. The molecule has 3 nitrogen and oxygen atoms in total. The maximum absolute atomic E-state index is 13.3. The van der Waals surface area contributed by atoms with Crippen LogP contribution in [0.1, 0.15) is 40.6 Å². The topological polar surface area (TPSA) is 38.3 Å². The Morgan fingerprint density at radius 1 is 0.808 bits per heavy atom. The van der Waals surface area contributed by atoms with Crippen LogP contribution < -0.4 is 10.1 Å². The van der Waals surface area contributed by atoms with Crippen LogP contribution in [0.5, 0.6) is 11.5 Å². The van der Waals surface area contributed by atoms with Crippen molar-refractivity contribution < 1.29 is 9.53 Å². The Morgan fingerprint density at radius 2 is 1.38 bits per heavy atom. The molecule has 1 aliphatic heterocycles. The van der Waals surface area contributed by atoms with Crippen molar-refractivity contribution in [2.24, 2.45) is 0 Å². The van der Waals surface area contributed by atoms with Crippen molar-refractivity contribution in [3.63, 3.8) is 0 Å². The van der Waals surface area contributed by atoms with Gasteiger partial charge in [0.25, 0.3) is 0 Å². The van der Waals surface area contributed by atoms with Crippen LogP contribution in [-0.4, -0.2) is 5.91 Å². The molecule has 1 N–H and O–H groups in total. The van der Waals surface area contributed by atoms with E-state index in [0.29, 0.717) is 0 Å². The minimum atomic E-state index is -0.344. The summed E-state index contributed by atoms with van der Waals surface area (Å²) in [5.74, 6) is 1.22. The number of para-hydroxylation sites is 2. The second-order valence-electron chi connectivity index (χ2n) is 6.91. The molecule has 3 aromatic rings. The number of hydrogen-bond donors (Lipinski definition) is 1. The van der Waals surface area contributed by atoms with Gasteiger partial charge in [0.15, 0.2) is 0 Å². The summed E-state index contributed by atoms with van der Waals surface area (Å²) in [4.78, 5) is 13.3. The molecule has 1 amide bonds. The molecule has 3 aromatic carbocycles. The fourth-order valence-corrected chi connectivity index (χ4v) is 4.15. The zero-order valence-corrected chi connectivity index (χ0v) is 14.3. The highest BCUT2D eigenvalue weighted by molar-refractivity contribution is 5.90. The second kappa shape index (κ2) is 6.03. The van der Waals surface area contributed by atoms with Crippen LogP contribution in [0.15, 0.2) is 72.8 Å². The van der Waals surface area contributed by atoms with E-state index in [-0.39, 0.29) is 17.9 Å². The number of amides is 1. The van der Waals surface area contributed by atoms with Crippen LogP contribution in [0.25, 0.3) is 0 Å². The van der Waals surface area contributed by atoms with E-state index in [1.807, 2.05) is 54.6 Å². The Labute approximate surface area is 152 Å². The van der Waals surface area contributed by atoms with Gasteiger partial charge in [0, 0.05) is 11.1 Å². The van der Waals surface area contributed by atoms with Crippen molar-refractivity contribution in [3.8, 4) is 11.5 Å².